The number of carbonyl (C=O) groups is 1. The van der Waals surface area contributed by atoms with Crippen LogP contribution in [0.1, 0.15) is 43.0 Å². The number of halogens is 1. The highest BCUT2D eigenvalue weighted by atomic mass is 79.9. The Morgan fingerprint density at radius 1 is 0.957 bits per heavy atom. The minimum absolute atomic E-state index is 0.384. The van der Waals surface area contributed by atoms with Crippen LogP contribution in [0.15, 0.2) is 53.0 Å². The van der Waals surface area contributed by atoms with E-state index in [1.807, 2.05) is 24.3 Å². The quantitative estimate of drug-likeness (QED) is 0.340. The zero-order chi connectivity index (χ0) is 16.5. The number of rotatable bonds is 8. The highest BCUT2D eigenvalue weighted by molar-refractivity contribution is 9.10. The van der Waals surface area contributed by atoms with E-state index < -0.39 is 0 Å². The molecule has 0 fully saturated rings. The minimum Gasteiger partial charge on any atom is -0.494 e. The van der Waals surface area contributed by atoms with Gasteiger partial charge in [-0.15, -0.1) is 0 Å². The number of hydrogen-bond donors (Lipinski definition) is 0. The largest absolute Gasteiger partial charge is 0.494 e. The topological polar surface area (TPSA) is 35.5 Å². The van der Waals surface area contributed by atoms with Crippen molar-refractivity contribution >= 4 is 21.9 Å². The summed E-state index contributed by atoms with van der Waals surface area (Å²) in [7, 11) is 0. The van der Waals surface area contributed by atoms with Crippen molar-refractivity contribution in [1.82, 2.24) is 0 Å². The minimum atomic E-state index is -0.384. The average Bonchev–Trinajstić information content (AvgIpc) is 2.56. The molecular weight excluding hydrogens is 356 g/mol. The van der Waals surface area contributed by atoms with Gasteiger partial charge < -0.3 is 9.47 Å². The molecule has 0 saturated heterocycles. The maximum atomic E-state index is 12.1. The molecule has 0 heterocycles. The van der Waals surface area contributed by atoms with Crippen LogP contribution in [0, 0.1) is 0 Å². The standard InChI is InChI=1S/C19H21BrO3/c1-2-3-4-7-14-22-15-10-12-16(13-11-15)23-19(21)17-8-5-6-9-18(17)20/h5-6,8-13H,2-4,7,14H2,1H3. The van der Waals surface area contributed by atoms with Gasteiger partial charge in [-0.25, -0.2) is 4.79 Å². The highest BCUT2D eigenvalue weighted by Gasteiger charge is 2.11. The summed E-state index contributed by atoms with van der Waals surface area (Å²) in [5.41, 5.74) is 0.503. The Balaban J connectivity index is 1.85. The van der Waals surface area contributed by atoms with E-state index in [2.05, 4.69) is 22.9 Å². The Kier molecular flexibility index (Phi) is 7.14. The summed E-state index contributed by atoms with van der Waals surface area (Å²) in [4.78, 5) is 12.1. The zero-order valence-electron chi connectivity index (χ0n) is 13.3. The van der Waals surface area contributed by atoms with E-state index in [0.29, 0.717) is 11.3 Å². The SMILES string of the molecule is CCCCCCOc1ccc(OC(=O)c2ccccc2Br)cc1. The maximum absolute atomic E-state index is 12.1. The molecule has 0 aliphatic rings. The third-order valence-electron chi connectivity index (χ3n) is 3.39. The van der Waals surface area contributed by atoms with Gasteiger partial charge in [0.15, 0.2) is 0 Å². The second kappa shape index (κ2) is 9.36. The molecule has 0 radical (unpaired) electrons. The number of unbranched alkanes of at least 4 members (excludes halogenated alkanes) is 3. The molecule has 0 spiro atoms. The van der Waals surface area contributed by atoms with Crippen molar-refractivity contribution in [2.75, 3.05) is 6.61 Å². The van der Waals surface area contributed by atoms with Gasteiger partial charge in [-0.1, -0.05) is 38.3 Å². The van der Waals surface area contributed by atoms with E-state index in [1.165, 1.54) is 19.3 Å². The molecule has 2 aromatic carbocycles. The first-order valence-corrected chi connectivity index (χ1v) is 8.69. The van der Waals surface area contributed by atoms with Gasteiger partial charge in [0, 0.05) is 4.47 Å². The summed E-state index contributed by atoms with van der Waals surface area (Å²) in [5.74, 6) is 0.914. The first-order valence-electron chi connectivity index (χ1n) is 7.90. The fourth-order valence-electron chi connectivity index (χ4n) is 2.11. The average molecular weight is 377 g/mol. The van der Waals surface area contributed by atoms with E-state index in [4.69, 9.17) is 9.47 Å². The second-order valence-corrected chi connectivity index (χ2v) is 6.10. The Bertz CT molecular complexity index is 623. The van der Waals surface area contributed by atoms with Crippen LogP contribution in [-0.4, -0.2) is 12.6 Å². The summed E-state index contributed by atoms with van der Waals surface area (Å²) in [5, 5.41) is 0. The monoisotopic (exact) mass is 376 g/mol. The van der Waals surface area contributed by atoms with Crippen molar-refractivity contribution in [3.05, 3.63) is 58.6 Å². The number of hydrogen-bond acceptors (Lipinski definition) is 3. The van der Waals surface area contributed by atoms with Gasteiger partial charge >= 0.3 is 5.97 Å². The van der Waals surface area contributed by atoms with Crippen molar-refractivity contribution < 1.29 is 14.3 Å². The van der Waals surface area contributed by atoms with Crippen LogP contribution < -0.4 is 9.47 Å². The molecule has 0 aliphatic carbocycles. The second-order valence-electron chi connectivity index (χ2n) is 5.25. The molecule has 122 valence electrons. The lowest BCUT2D eigenvalue weighted by Gasteiger charge is -2.08. The molecule has 23 heavy (non-hydrogen) atoms. The maximum Gasteiger partial charge on any atom is 0.344 e. The number of ether oxygens (including phenoxy) is 2. The van der Waals surface area contributed by atoms with Crippen LogP contribution in [0.2, 0.25) is 0 Å². The van der Waals surface area contributed by atoms with Gasteiger partial charge in [0.2, 0.25) is 0 Å². The van der Waals surface area contributed by atoms with Crippen molar-refractivity contribution in [2.24, 2.45) is 0 Å². The van der Waals surface area contributed by atoms with Crippen LogP contribution in [0.5, 0.6) is 11.5 Å². The Hall–Kier alpha value is -1.81. The van der Waals surface area contributed by atoms with Crippen molar-refractivity contribution in [3.63, 3.8) is 0 Å². The summed E-state index contributed by atoms with van der Waals surface area (Å²) in [6, 6.07) is 14.3. The van der Waals surface area contributed by atoms with E-state index in [1.54, 1.807) is 24.3 Å². The number of carbonyl (C=O) groups excluding carboxylic acids is 1. The third kappa shape index (κ3) is 5.71. The molecule has 0 saturated carbocycles. The van der Waals surface area contributed by atoms with Gasteiger partial charge in [-0.05, 0) is 58.7 Å². The molecule has 0 N–H and O–H groups in total. The van der Waals surface area contributed by atoms with Gasteiger partial charge in [-0.2, -0.15) is 0 Å². The molecule has 2 aromatic rings. The molecule has 4 heteroatoms. The van der Waals surface area contributed by atoms with Crippen LogP contribution in [-0.2, 0) is 0 Å². The Labute approximate surface area is 145 Å². The molecule has 0 aliphatic heterocycles. The summed E-state index contributed by atoms with van der Waals surface area (Å²) >= 11 is 3.35. The smallest absolute Gasteiger partial charge is 0.344 e. The zero-order valence-corrected chi connectivity index (χ0v) is 14.8. The lowest BCUT2D eigenvalue weighted by Crippen LogP contribution is -2.09. The van der Waals surface area contributed by atoms with Crippen LogP contribution in [0.4, 0.5) is 0 Å². The van der Waals surface area contributed by atoms with E-state index in [9.17, 15) is 4.79 Å². The molecule has 0 atom stereocenters. The summed E-state index contributed by atoms with van der Waals surface area (Å²) < 4.78 is 11.8. The molecule has 0 aromatic heterocycles. The van der Waals surface area contributed by atoms with Crippen LogP contribution in [0.3, 0.4) is 0 Å². The molecule has 3 nitrogen and oxygen atoms in total. The number of esters is 1. The highest BCUT2D eigenvalue weighted by Crippen LogP contribution is 2.21. The Morgan fingerprint density at radius 3 is 2.35 bits per heavy atom. The van der Waals surface area contributed by atoms with Crippen molar-refractivity contribution in [2.45, 2.75) is 32.6 Å². The number of benzene rings is 2. The predicted molar refractivity (Wildman–Crippen MR) is 95.2 cm³/mol. The van der Waals surface area contributed by atoms with Crippen molar-refractivity contribution in [3.8, 4) is 11.5 Å². The summed E-state index contributed by atoms with van der Waals surface area (Å²) in [6.07, 6.45) is 4.72. The first-order chi connectivity index (χ1) is 11.2. The molecule has 0 bridgehead atoms. The van der Waals surface area contributed by atoms with Crippen LogP contribution in [0.25, 0.3) is 0 Å². The Morgan fingerprint density at radius 2 is 1.65 bits per heavy atom. The molecule has 2 rings (SSSR count). The molecule has 0 amide bonds. The summed E-state index contributed by atoms with van der Waals surface area (Å²) in [6.45, 7) is 2.91. The van der Waals surface area contributed by atoms with Crippen molar-refractivity contribution in [1.29, 1.82) is 0 Å². The third-order valence-corrected chi connectivity index (χ3v) is 4.09. The van der Waals surface area contributed by atoms with Crippen LogP contribution >= 0.6 is 15.9 Å². The van der Waals surface area contributed by atoms with E-state index in [-0.39, 0.29) is 5.97 Å². The lowest BCUT2D eigenvalue weighted by atomic mass is 10.2. The molecule has 0 unspecified atom stereocenters. The fraction of sp³-hybridized carbons (Fsp3) is 0.316. The van der Waals surface area contributed by atoms with Gasteiger partial charge in [0.05, 0.1) is 12.2 Å². The van der Waals surface area contributed by atoms with Gasteiger partial charge in [-0.3, -0.25) is 0 Å². The fourth-order valence-corrected chi connectivity index (χ4v) is 2.56. The van der Waals surface area contributed by atoms with E-state index >= 15 is 0 Å². The van der Waals surface area contributed by atoms with E-state index in [0.717, 1.165) is 23.2 Å². The lowest BCUT2D eigenvalue weighted by molar-refractivity contribution is 0.0733. The molecular formula is C19H21BrO3. The predicted octanol–water partition coefficient (Wildman–Crippen LogP) is 5.63. The first kappa shape index (κ1) is 17.5. The normalized spacial score (nSPS) is 10.3. The van der Waals surface area contributed by atoms with Gasteiger partial charge in [0.25, 0.3) is 0 Å². The van der Waals surface area contributed by atoms with Gasteiger partial charge in [0.1, 0.15) is 11.5 Å².